The zero-order valence-electron chi connectivity index (χ0n) is 9.86. The van der Waals surface area contributed by atoms with Gasteiger partial charge in [-0.15, -0.1) is 0 Å². The van der Waals surface area contributed by atoms with E-state index in [-0.39, 0.29) is 16.3 Å². The van der Waals surface area contributed by atoms with Crippen molar-refractivity contribution >= 4 is 23.5 Å². The molecule has 7 heteroatoms. The largest absolute Gasteiger partial charge is 0.493 e. The Bertz CT molecular complexity index is 475. The van der Waals surface area contributed by atoms with Crippen molar-refractivity contribution in [3.63, 3.8) is 0 Å². The number of primary amides is 1. The lowest BCUT2D eigenvalue weighted by molar-refractivity contribution is -0.121. The Kier molecular flexibility index (Phi) is 4.79. The van der Waals surface area contributed by atoms with Crippen LogP contribution in [0, 0.1) is 0 Å². The summed E-state index contributed by atoms with van der Waals surface area (Å²) in [7, 11) is 2.83. The fourth-order valence-corrected chi connectivity index (χ4v) is 1.54. The van der Waals surface area contributed by atoms with Gasteiger partial charge in [0.15, 0.2) is 18.1 Å². The minimum absolute atomic E-state index is 0.138. The molecule has 0 unspecified atom stereocenters. The lowest BCUT2D eigenvalue weighted by Gasteiger charge is -2.11. The number of ether oxygens (including phenoxy) is 3. The molecular weight excluding hydrogens is 262 g/mol. The van der Waals surface area contributed by atoms with E-state index in [1.54, 1.807) is 0 Å². The first-order valence-corrected chi connectivity index (χ1v) is 5.24. The summed E-state index contributed by atoms with van der Waals surface area (Å²) in [5.41, 5.74) is 5.00. The van der Waals surface area contributed by atoms with Crippen LogP contribution in [-0.4, -0.2) is 32.7 Å². The number of hydrogen-bond donors (Lipinski definition) is 1. The number of amides is 1. The fourth-order valence-electron chi connectivity index (χ4n) is 1.26. The van der Waals surface area contributed by atoms with Crippen molar-refractivity contribution in [2.75, 3.05) is 20.8 Å². The van der Waals surface area contributed by atoms with Crippen molar-refractivity contribution in [2.45, 2.75) is 0 Å². The first-order valence-electron chi connectivity index (χ1n) is 4.86. The molecule has 1 amide bonds. The molecule has 0 aliphatic rings. The second-order valence-electron chi connectivity index (χ2n) is 3.24. The molecule has 0 bridgehead atoms. The maximum atomic E-state index is 11.6. The summed E-state index contributed by atoms with van der Waals surface area (Å²) in [6.45, 7) is -0.495. The van der Waals surface area contributed by atoms with Crippen LogP contribution >= 0.6 is 11.6 Å². The smallest absolute Gasteiger partial charge is 0.338 e. The predicted octanol–water partition coefficient (Wildman–Crippen LogP) is 0.999. The highest BCUT2D eigenvalue weighted by Gasteiger charge is 2.16. The second kappa shape index (κ2) is 6.11. The minimum Gasteiger partial charge on any atom is -0.493 e. The van der Waals surface area contributed by atoms with Crippen LogP contribution in [0.25, 0.3) is 0 Å². The first-order chi connectivity index (χ1) is 8.49. The number of carbonyl (C=O) groups is 2. The van der Waals surface area contributed by atoms with E-state index in [0.717, 1.165) is 0 Å². The van der Waals surface area contributed by atoms with E-state index in [0.29, 0.717) is 5.75 Å². The summed E-state index contributed by atoms with van der Waals surface area (Å²) < 4.78 is 14.7. The van der Waals surface area contributed by atoms with Crippen LogP contribution in [0.3, 0.4) is 0 Å². The van der Waals surface area contributed by atoms with E-state index in [2.05, 4.69) is 4.74 Å². The van der Waals surface area contributed by atoms with E-state index >= 15 is 0 Å². The average molecular weight is 274 g/mol. The van der Waals surface area contributed by atoms with Crippen LogP contribution in [0.5, 0.6) is 11.5 Å². The Morgan fingerprint density at radius 2 is 1.94 bits per heavy atom. The molecule has 0 saturated carbocycles. The highest BCUT2D eigenvalue weighted by atomic mass is 35.5. The minimum atomic E-state index is -0.741. The molecule has 0 saturated heterocycles. The van der Waals surface area contributed by atoms with E-state index in [9.17, 15) is 9.59 Å². The summed E-state index contributed by atoms with van der Waals surface area (Å²) >= 11 is 5.92. The van der Waals surface area contributed by atoms with E-state index in [1.165, 1.54) is 26.4 Å². The number of hydrogen-bond acceptors (Lipinski definition) is 5. The quantitative estimate of drug-likeness (QED) is 0.809. The molecule has 18 heavy (non-hydrogen) atoms. The van der Waals surface area contributed by atoms with Gasteiger partial charge < -0.3 is 19.9 Å². The third-order valence-electron chi connectivity index (χ3n) is 2.01. The summed E-state index contributed by atoms with van der Waals surface area (Å²) in [6, 6.07) is 2.75. The molecule has 1 aromatic carbocycles. The third-order valence-corrected chi connectivity index (χ3v) is 2.30. The van der Waals surface area contributed by atoms with Crippen molar-refractivity contribution in [2.24, 2.45) is 5.73 Å². The molecule has 1 aromatic rings. The maximum absolute atomic E-state index is 11.6. The van der Waals surface area contributed by atoms with Crippen molar-refractivity contribution in [1.82, 2.24) is 0 Å². The SMILES string of the molecule is COc1cc(C(=O)OCC(N)=O)cc(Cl)c1OC. The highest BCUT2D eigenvalue weighted by molar-refractivity contribution is 6.32. The van der Waals surface area contributed by atoms with E-state index < -0.39 is 18.5 Å². The van der Waals surface area contributed by atoms with Crippen LogP contribution in [0.15, 0.2) is 12.1 Å². The van der Waals surface area contributed by atoms with Gasteiger partial charge in [0.2, 0.25) is 0 Å². The fraction of sp³-hybridized carbons (Fsp3) is 0.273. The predicted molar refractivity (Wildman–Crippen MR) is 64.0 cm³/mol. The van der Waals surface area contributed by atoms with Gasteiger partial charge in [-0.2, -0.15) is 0 Å². The molecule has 0 aromatic heterocycles. The molecule has 0 atom stereocenters. The standard InChI is InChI=1S/C11H12ClNO5/c1-16-8-4-6(3-7(12)10(8)17-2)11(15)18-5-9(13)14/h3-4H,5H2,1-2H3,(H2,13,14). The van der Waals surface area contributed by atoms with Gasteiger partial charge in [-0.3, -0.25) is 4.79 Å². The van der Waals surface area contributed by atoms with Crippen molar-refractivity contribution in [1.29, 1.82) is 0 Å². The summed E-state index contributed by atoms with van der Waals surface area (Å²) in [5, 5.41) is 0.197. The van der Waals surface area contributed by atoms with Crippen molar-refractivity contribution in [3.05, 3.63) is 22.7 Å². The molecule has 1 rings (SSSR count). The van der Waals surface area contributed by atoms with Crippen LogP contribution in [0.2, 0.25) is 5.02 Å². The molecule has 0 aliphatic carbocycles. The maximum Gasteiger partial charge on any atom is 0.338 e. The van der Waals surface area contributed by atoms with Gasteiger partial charge in [0, 0.05) is 0 Å². The van der Waals surface area contributed by atoms with Crippen LogP contribution < -0.4 is 15.2 Å². The molecule has 0 aliphatic heterocycles. The highest BCUT2D eigenvalue weighted by Crippen LogP contribution is 2.36. The molecule has 0 heterocycles. The van der Waals surface area contributed by atoms with Gasteiger partial charge in [-0.05, 0) is 12.1 Å². The lowest BCUT2D eigenvalue weighted by atomic mass is 10.2. The van der Waals surface area contributed by atoms with Crippen molar-refractivity contribution in [3.8, 4) is 11.5 Å². The first kappa shape index (κ1) is 14.1. The number of nitrogens with two attached hydrogens (primary N) is 1. The molecule has 98 valence electrons. The van der Waals surface area contributed by atoms with Gasteiger partial charge >= 0.3 is 5.97 Å². The van der Waals surface area contributed by atoms with Gasteiger partial charge in [0.05, 0.1) is 24.8 Å². The number of benzene rings is 1. The normalized spacial score (nSPS) is 9.72. The van der Waals surface area contributed by atoms with Gasteiger partial charge in [0.1, 0.15) is 0 Å². The Morgan fingerprint density at radius 1 is 1.28 bits per heavy atom. The molecule has 0 radical (unpaired) electrons. The summed E-state index contributed by atoms with van der Waals surface area (Å²) in [5.74, 6) is -0.867. The average Bonchev–Trinajstić information content (AvgIpc) is 2.34. The Balaban J connectivity index is 3.00. The van der Waals surface area contributed by atoms with Gasteiger partial charge in [-0.25, -0.2) is 4.79 Å². The van der Waals surface area contributed by atoms with Crippen LogP contribution in [0.4, 0.5) is 0 Å². The van der Waals surface area contributed by atoms with E-state index in [1.807, 2.05) is 0 Å². The molecular formula is C11H12ClNO5. The topological polar surface area (TPSA) is 87.9 Å². The number of rotatable bonds is 5. The van der Waals surface area contributed by atoms with Crippen LogP contribution in [0.1, 0.15) is 10.4 Å². The molecule has 6 nitrogen and oxygen atoms in total. The zero-order valence-corrected chi connectivity index (χ0v) is 10.6. The molecule has 0 spiro atoms. The summed E-state index contributed by atoms with van der Waals surface area (Å²) in [4.78, 5) is 22.1. The Morgan fingerprint density at radius 3 is 2.44 bits per heavy atom. The Hall–Kier alpha value is -1.95. The molecule has 0 fully saturated rings. The van der Waals surface area contributed by atoms with Gasteiger partial charge in [0.25, 0.3) is 5.91 Å². The Labute approximate surface area is 109 Å². The molecule has 2 N–H and O–H groups in total. The monoisotopic (exact) mass is 273 g/mol. The second-order valence-corrected chi connectivity index (χ2v) is 3.64. The zero-order chi connectivity index (χ0) is 13.7. The number of methoxy groups -OCH3 is 2. The van der Waals surface area contributed by atoms with Crippen molar-refractivity contribution < 1.29 is 23.8 Å². The number of carbonyl (C=O) groups excluding carboxylic acids is 2. The third kappa shape index (κ3) is 3.27. The van der Waals surface area contributed by atoms with Gasteiger partial charge in [-0.1, -0.05) is 11.6 Å². The summed E-state index contributed by atoms with van der Waals surface area (Å²) in [6.07, 6.45) is 0. The lowest BCUT2D eigenvalue weighted by Crippen LogP contribution is -2.20. The van der Waals surface area contributed by atoms with E-state index in [4.69, 9.17) is 26.8 Å². The number of esters is 1. The number of halogens is 1. The van der Waals surface area contributed by atoms with Crippen LogP contribution in [-0.2, 0) is 9.53 Å².